The van der Waals surface area contributed by atoms with Crippen molar-refractivity contribution < 1.29 is 9.53 Å². The second-order valence-electron chi connectivity index (χ2n) is 7.88. The van der Waals surface area contributed by atoms with Gasteiger partial charge in [0.2, 0.25) is 0 Å². The van der Waals surface area contributed by atoms with Gasteiger partial charge in [0.05, 0.1) is 23.1 Å². The molecule has 2 aliphatic heterocycles. The first-order chi connectivity index (χ1) is 16.1. The van der Waals surface area contributed by atoms with E-state index in [1.54, 1.807) is 29.3 Å². The summed E-state index contributed by atoms with van der Waals surface area (Å²) in [6, 6.07) is 15.1. The van der Waals surface area contributed by atoms with Crippen molar-refractivity contribution >= 4 is 51.7 Å². The quantitative estimate of drug-likeness (QED) is 0.428. The maximum atomic E-state index is 13.3. The van der Waals surface area contributed by atoms with Gasteiger partial charge in [-0.15, -0.1) is 0 Å². The van der Waals surface area contributed by atoms with Gasteiger partial charge in [-0.05, 0) is 36.6 Å². The van der Waals surface area contributed by atoms with Crippen LogP contribution in [-0.4, -0.2) is 43.8 Å². The van der Waals surface area contributed by atoms with Crippen LogP contribution in [0.2, 0.25) is 0 Å². The van der Waals surface area contributed by atoms with Crippen LogP contribution in [0.4, 0.5) is 5.82 Å². The predicted molar refractivity (Wildman–Crippen MR) is 134 cm³/mol. The van der Waals surface area contributed by atoms with E-state index >= 15 is 0 Å². The molecule has 168 valence electrons. The third-order valence-corrected chi connectivity index (χ3v) is 7.00. The van der Waals surface area contributed by atoms with Crippen LogP contribution >= 0.6 is 24.0 Å². The number of amides is 1. The van der Waals surface area contributed by atoms with Gasteiger partial charge < -0.3 is 10.1 Å². The van der Waals surface area contributed by atoms with Crippen LogP contribution in [0.5, 0.6) is 0 Å². The van der Waals surface area contributed by atoms with E-state index in [2.05, 4.69) is 10.3 Å². The lowest BCUT2D eigenvalue weighted by atomic mass is 10.2. The van der Waals surface area contributed by atoms with E-state index in [4.69, 9.17) is 17.0 Å². The fraction of sp³-hybridized carbons (Fsp3) is 0.250. The molecular formula is C24H22N4O3S2. The average molecular weight is 479 g/mol. The van der Waals surface area contributed by atoms with Gasteiger partial charge in [-0.1, -0.05) is 60.4 Å². The van der Waals surface area contributed by atoms with Crippen LogP contribution in [0.1, 0.15) is 24.0 Å². The Balaban J connectivity index is 1.49. The van der Waals surface area contributed by atoms with Gasteiger partial charge in [-0.3, -0.25) is 18.9 Å². The first-order valence-electron chi connectivity index (χ1n) is 10.8. The molecule has 0 spiro atoms. The number of anilines is 1. The zero-order valence-corrected chi connectivity index (χ0v) is 19.4. The van der Waals surface area contributed by atoms with Gasteiger partial charge >= 0.3 is 0 Å². The van der Waals surface area contributed by atoms with Crippen molar-refractivity contribution in [2.45, 2.75) is 25.5 Å². The molecule has 2 aromatic heterocycles. The van der Waals surface area contributed by atoms with E-state index in [0.717, 1.165) is 25.0 Å². The number of ether oxygens (including phenoxy) is 1. The maximum absolute atomic E-state index is 13.3. The van der Waals surface area contributed by atoms with E-state index < -0.39 is 0 Å². The molecular weight excluding hydrogens is 456 g/mol. The molecule has 4 heterocycles. The maximum Gasteiger partial charge on any atom is 0.267 e. The minimum absolute atomic E-state index is 0.0814. The predicted octanol–water partition coefficient (Wildman–Crippen LogP) is 3.69. The summed E-state index contributed by atoms with van der Waals surface area (Å²) in [6.45, 7) is 1.68. The number of hydrogen-bond acceptors (Lipinski definition) is 7. The molecule has 2 fully saturated rings. The van der Waals surface area contributed by atoms with E-state index in [1.165, 1.54) is 16.2 Å². The van der Waals surface area contributed by atoms with Crippen LogP contribution in [0.3, 0.4) is 0 Å². The summed E-state index contributed by atoms with van der Waals surface area (Å²) < 4.78 is 7.65. The highest BCUT2D eigenvalue weighted by atomic mass is 32.2. The number of aromatic nitrogens is 2. The Kier molecular flexibility index (Phi) is 6.26. The van der Waals surface area contributed by atoms with Crippen LogP contribution in [0, 0.1) is 0 Å². The molecule has 1 atom stereocenters. The summed E-state index contributed by atoms with van der Waals surface area (Å²) >= 11 is 6.68. The van der Waals surface area contributed by atoms with E-state index in [0.29, 0.717) is 39.3 Å². The van der Waals surface area contributed by atoms with Crippen LogP contribution in [0.15, 0.2) is 64.4 Å². The van der Waals surface area contributed by atoms with E-state index in [1.807, 2.05) is 36.4 Å². The molecule has 2 aliphatic rings. The summed E-state index contributed by atoms with van der Waals surface area (Å²) in [5.74, 6) is 0.228. The monoisotopic (exact) mass is 478 g/mol. The van der Waals surface area contributed by atoms with E-state index in [9.17, 15) is 9.59 Å². The third-order valence-electron chi connectivity index (χ3n) is 5.62. The number of hydrogen-bond donors (Lipinski definition) is 1. The molecule has 3 aromatic rings. The lowest BCUT2D eigenvalue weighted by Gasteiger charge is -2.15. The minimum atomic E-state index is -0.247. The summed E-state index contributed by atoms with van der Waals surface area (Å²) in [5, 5.41) is 3.28. The second-order valence-corrected chi connectivity index (χ2v) is 9.55. The highest BCUT2D eigenvalue weighted by Crippen LogP contribution is 2.34. The van der Waals surface area contributed by atoms with Crippen molar-refractivity contribution in [3.63, 3.8) is 0 Å². The highest BCUT2D eigenvalue weighted by Gasteiger charge is 2.32. The summed E-state index contributed by atoms with van der Waals surface area (Å²) in [6.07, 6.45) is 5.35. The third kappa shape index (κ3) is 4.57. The molecule has 7 nitrogen and oxygen atoms in total. The minimum Gasteiger partial charge on any atom is -0.376 e. The number of thiocarbonyl (C=S) groups is 1. The van der Waals surface area contributed by atoms with Gasteiger partial charge in [-0.25, -0.2) is 4.98 Å². The van der Waals surface area contributed by atoms with Gasteiger partial charge in [0, 0.05) is 19.3 Å². The van der Waals surface area contributed by atoms with Crippen molar-refractivity contribution in [3.05, 3.63) is 81.1 Å². The number of nitrogens with one attached hydrogen (secondary N) is 1. The topological polar surface area (TPSA) is 75.9 Å². The Bertz CT molecular complexity index is 1300. The number of nitrogens with zero attached hydrogens (tertiary/aromatic N) is 3. The lowest BCUT2D eigenvalue weighted by Crippen LogP contribution is -2.27. The van der Waals surface area contributed by atoms with Gasteiger partial charge in [0.15, 0.2) is 0 Å². The fourth-order valence-corrected chi connectivity index (χ4v) is 5.15. The second kappa shape index (κ2) is 9.46. The SMILES string of the molecule is O=C1/C(=C/c2c(NC[C@@H]3CCCO3)nc3ccccn3c2=O)SC(=S)N1Cc1ccccc1. The first kappa shape index (κ1) is 21.8. The number of rotatable bonds is 6. The number of carbonyl (C=O) groups is 1. The zero-order chi connectivity index (χ0) is 22.8. The van der Waals surface area contributed by atoms with Crippen molar-refractivity contribution in [1.29, 1.82) is 0 Å². The average Bonchev–Trinajstić information content (AvgIpc) is 3.44. The highest BCUT2D eigenvalue weighted by molar-refractivity contribution is 8.26. The van der Waals surface area contributed by atoms with Crippen LogP contribution < -0.4 is 10.9 Å². The Morgan fingerprint density at radius 2 is 2.00 bits per heavy atom. The molecule has 0 bridgehead atoms. The fourth-order valence-electron chi connectivity index (χ4n) is 3.92. The number of thioether (sulfide) groups is 1. The molecule has 0 saturated carbocycles. The zero-order valence-electron chi connectivity index (χ0n) is 17.8. The Morgan fingerprint density at radius 3 is 2.79 bits per heavy atom. The first-order valence-corrected chi connectivity index (χ1v) is 12.0. The Labute approximate surface area is 200 Å². The van der Waals surface area contributed by atoms with Crippen molar-refractivity contribution in [2.24, 2.45) is 0 Å². The van der Waals surface area contributed by atoms with Crippen LogP contribution in [0.25, 0.3) is 11.7 Å². The molecule has 33 heavy (non-hydrogen) atoms. The van der Waals surface area contributed by atoms with Crippen molar-refractivity contribution in [2.75, 3.05) is 18.5 Å². The van der Waals surface area contributed by atoms with Crippen LogP contribution in [-0.2, 0) is 16.1 Å². The normalized spacial score (nSPS) is 19.7. The summed E-state index contributed by atoms with van der Waals surface area (Å²) in [4.78, 5) is 33.1. The smallest absolute Gasteiger partial charge is 0.267 e. The molecule has 5 rings (SSSR count). The number of pyridine rings is 1. The standard InChI is InChI=1S/C24H22N4O3S2/c29-22-18(13-19-23(30)28(24(32)33-19)15-16-7-2-1-3-8-16)21(25-14-17-9-6-12-31-17)26-20-10-4-5-11-27(20)22/h1-5,7-8,10-11,13,17,25H,6,9,12,14-15H2/b19-13-/t17-/m0/s1. The number of carbonyl (C=O) groups excluding carboxylic acids is 1. The summed E-state index contributed by atoms with van der Waals surface area (Å²) in [5.41, 5.74) is 1.60. The number of benzene rings is 1. The molecule has 1 amide bonds. The largest absolute Gasteiger partial charge is 0.376 e. The molecule has 0 aliphatic carbocycles. The Hall–Kier alpha value is -3.01. The van der Waals surface area contributed by atoms with Gasteiger partial charge in [0.1, 0.15) is 15.8 Å². The number of fused-ring (bicyclic) bond motifs is 1. The molecule has 0 radical (unpaired) electrons. The van der Waals surface area contributed by atoms with Gasteiger partial charge in [0.25, 0.3) is 11.5 Å². The van der Waals surface area contributed by atoms with Crippen molar-refractivity contribution in [3.8, 4) is 0 Å². The van der Waals surface area contributed by atoms with E-state index in [-0.39, 0.29) is 17.6 Å². The molecule has 9 heteroatoms. The van der Waals surface area contributed by atoms with Crippen molar-refractivity contribution in [1.82, 2.24) is 14.3 Å². The molecule has 0 unspecified atom stereocenters. The molecule has 1 aromatic carbocycles. The lowest BCUT2D eigenvalue weighted by molar-refractivity contribution is -0.122. The van der Waals surface area contributed by atoms with Gasteiger partial charge in [-0.2, -0.15) is 0 Å². The summed E-state index contributed by atoms with van der Waals surface area (Å²) in [7, 11) is 0. The Morgan fingerprint density at radius 1 is 1.18 bits per heavy atom. The molecule has 2 saturated heterocycles. The molecule has 1 N–H and O–H groups in total.